The third kappa shape index (κ3) is 3.93. The summed E-state index contributed by atoms with van der Waals surface area (Å²) in [6.45, 7) is 2.09. The maximum Gasteiger partial charge on any atom is 0.332 e. The van der Waals surface area contributed by atoms with E-state index in [2.05, 4.69) is 0 Å². The molecule has 0 bridgehead atoms. The van der Waals surface area contributed by atoms with E-state index in [-0.39, 0.29) is 18.7 Å². The molecule has 0 unspecified atom stereocenters. The van der Waals surface area contributed by atoms with Gasteiger partial charge in [-0.1, -0.05) is 60.7 Å². The van der Waals surface area contributed by atoms with Crippen LogP contribution in [0.2, 0.25) is 0 Å². The Labute approximate surface area is 119 Å². The van der Waals surface area contributed by atoms with Crippen LogP contribution in [0.4, 0.5) is 0 Å². The van der Waals surface area contributed by atoms with E-state index in [1.54, 1.807) is 6.92 Å². The molecule has 0 aliphatic carbocycles. The molecule has 0 atom stereocenters. The van der Waals surface area contributed by atoms with E-state index in [0.29, 0.717) is 6.61 Å². The Hall–Kier alpha value is -2.13. The summed E-state index contributed by atoms with van der Waals surface area (Å²) in [5, 5.41) is 0. The van der Waals surface area contributed by atoms with Crippen molar-refractivity contribution in [3.05, 3.63) is 71.8 Å². The maximum atomic E-state index is 11.5. The van der Waals surface area contributed by atoms with Crippen LogP contribution in [0, 0.1) is 0 Å². The molecule has 0 spiro atoms. The van der Waals surface area contributed by atoms with Gasteiger partial charge in [0.15, 0.2) is 0 Å². The summed E-state index contributed by atoms with van der Waals surface area (Å²) in [6, 6.07) is 19.7. The van der Waals surface area contributed by atoms with Gasteiger partial charge in [0.1, 0.15) is 12.7 Å². The molecular formula is C17H18O3. The smallest absolute Gasteiger partial charge is 0.332 e. The minimum absolute atomic E-state index is 0.0533. The molecule has 0 saturated heterocycles. The Morgan fingerprint density at radius 3 is 1.90 bits per heavy atom. The van der Waals surface area contributed by atoms with Gasteiger partial charge in [0, 0.05) is 0 Å². The first kappa shape index (κ1) is 14.3. The molecule has 2 aromatic carbocycles. The molecule has 3 heteroatoms. The molecule has 3 nitrogen and oxygen atoms in total. The predicted octanol–water partition coefficient (Wildman–Crippen LogP) is 3.36. The van der Waals surface area contributed by atoms with E-state index in [1.165, 1.54) is 0 Å². The van der Waals surface area contributed by atoms with Gasteiger partial charge in [-0.15, -0.1) is 0 Å². The van der Waals surface area contributed by atoms with Crippen LogP contribution in [0.15, 0.2) is 60.7 Å². The second-order valence-corrected chi connectivity index (χ2v) is 4.32. The molecule has 0 aliphatic rings. The number of carbonyl (C=O) groups is 1. The van der Waals surface area contributed by atoms with Gasteiger partial charge >= 0.3 is 5.97 Å². The van der Waals surface area contributed by atoms with Crippen molar-refractivity contribution < 1.29 is 14.3 Å². The molecular weight excluding hydrogens is 252 g/mol. The molecule has 2 aromatic rings. The fraction of sp³-hybridized carbons (Fsp3) is 0.235. The molecule has 0 aliphatic heterocycles. The van der Waals surface area contributed by atoms with Crippen molar-refractivity contribution in [3.8, 4) is 0 Å². The van der Waals surface area contributed by atoms with Crippen molar-refractivity contribution in [2.24, 2.45) is 0 Å². The number of ether oxygens (including phenoxy) is 2. The Balaban J connectivity index is 2.15. The lowest BCUT2D eigenvalue weighted by atomic mass is 10.0. The van der Waals surface area contributed by atoms with Gasteiger partial charge in [0.2, 0.25) is 0 Å². The molecule has 0 saturated carbocycles. The fourth-order valence-corrected chi connectivity index (χ4v) is 1.99. The third-order valence-corrected chi connectivity index (χ3v) is 2.88. The van der Waals surface area contributed by atoms with Gasteiger partial charge in [-0.2, -0.15) is 0 Å². The van der Waals surface area contributed by atoms with Crippen molar-refractivity contribution in [2.75, 3.05) is 13.2 Å². The van der Waals surface area contributed by atoms with Gasteiger partial charge in [0.25, 0.3) is 0 Å². The summed E-state index contributed by atoms with van der Waals surface area (Å²) < 4.78 is 10.7. The van der Waals surface area contributed by atoms with Crippen LogP contribution in [0.3, 0.4) is 0 Å². The maximum absolute atomic E-state index is 11.5. The zero-order valence-corrected chi connectivity index (χ0v) is 11.5. The van der Waals surface area contributed by atoms with Crippen LogP contribution in [-0.4, -0.2) is 19.2 Å². The number of rotatable bonds is 6. The Morgan fingerprint density at radius 2 is 1.45 bits per heavy atom. The zero-order valence-electron chi connectivity index (χ0n) is 11.5. The lowest BCUT2D eigenvalue weighted by molar-refractivity contribution is -0.149. The van der Waals surface area contributed by atoms with Crippen molar-refractivity contribution in [3.63, 3.8) is 0 Å². The molecule has 0 amide bonds. The van der Waals surface area contributed by atoms with Crippen molar-refractivity contribution in [1.82, 2.24) is 0 Å². The van der Waals surface area contributed by atoms with Crippen LogP contribution in [-0.2, 0) is 14.3 Å². The van der Waals surface area contributed by atoms with Gasteiger partial charge < -0.3 is 9.47 Å². The first-order valence-electron chi connectivity index (χ1n) is 6.68. The Morgan fingerprint density at radius 1 is 0.950 bits per heavy atom. The topological polar surface area (TPSA) is 35.5 Å². The van der Waals surface area contributed by atoms with Crippen LogP contribution >= 0.6 is 0 Å². The summed E-state index contributed by atoms with van der Waals surface area (Å²) in [7, 11) is 0. The van der Waals surface area contributed by atoms with Gasteiger partial charge in [-0.25, -0.2) is 4.79 Å². The highest BCUT2D eigenvalue weighted by atomic mass is 16.6. The summed E-state index contributed by atoms with van der Waals surface area (Å²) in [5.74, 6) is -0.343. The molecule has 20 heavy (non-hydrogen) atoms. The normalized spacial score (nSPS) is 10.5. The average Bonchev–Trinajstić information content (AvgIpc) is 2.50. The molecule has 0 N–H and O–H groups in total. The van der Waals surface area contributed by atoms with E-state index in [1.807, 2.05) is 60.7 Å². The Kier molecular flexibility index (Phi) is 5.33. The third-order valence-electron chi connectivity index (χ3n) is 2.88. The molecule has 0 heterocycles. The number of hydrogen-bond donors (Lipinski definition) is 0. The van der Waals surface area contributed by atoms with Gasteiger partial charge in [-0.3, -0.25) is 0 Å². The molecule has 104 valence electrons. The zero-order chi connectivity index (χ0) is 14.2. The van der Waals surface area contributed by atoms with Crippen molar-refractivity contribution in [2.45, 2.75) is 13.0 Å². The summed E-state index contributed by atoms with van der Waals surface area (Å²) in [5.41, 5.74) is 2.03. The highest BCUT2D eigenvalue weighted by Crippen LogP contribution is 2.25. The quantitative estimate of drug-likeness (QED) is 0.755. The first-order chi connectivity index (χ1) is 9.81. The highest BCUT2D eigenvalue weighted by Gasteiger charge is 2.16. The van der Waals surface area contributed by atoms with Gasteiger partial charge in [-0.05, 0) is 18.1 Å². The summed E-state index contributed by atoms with van der Waals surface area (Å²) in [4.78, 5) is 11.5. The van der Waals surface area contributed by atoms with E-state index < -0.39 is 0 Å². The molecule has 2 rings (SSSR count). The van der Waals surface area contributed by atoms with Gasteiger partial charge in [0.05, 0.1) is 6.61 Å². The number of carbonyl (C=O) groups excluding carboxylic acids is 1. The lowest BCUT2D eigenvalue weighted by Crippen LogP contribution is -2.16. The van der Waals surface area contributed by atoms with E-state index in [9.17, 15) is 4.79 Å². The summed E-state index contributed by atoms with van der Waals surface area (Å²) >= 11 is 0. The fourth-order valence-electron chi connectivity index (χ4n) is 1.99. The van der Waals surface area contributed by atoms with Crippen LogP contribution in [0.1, 0.15) is 24.2 Å². The van der Waals surface area contributed by atoms with Crippen molar-refractivity contribution >= 4 is 5.97 Å². The summed E-state index contributed by atoms with van der Waals surface area (Å²) in [6.07, 6.45) is -0.262. The number of hydrogen-bond acceptors (Lipinski definition) is 3. The minimum atomic E-state index is -0.343. The van der Waals surface area contributed by atoms with Crippen LogP contribution in [0.5, 0.6) is 0 Å². The van der Waals surface area contributed by atoms with Crippen LogP contribution in [0.25, 0.3) is 0 Å². The highest BCUT2D eigenvalue weighted by molar-refractivity contribution is 5.70. The first-order valence-corrected chi connectivity index (χ1v) is 6.68. The predicted molar refractivity (Wildman–Crippen MR) is 77.3 cm³/mol. The average molecular weight is 270 g/mol. The monoisotopic (exact) mass is 270 g/mol. The van der Waals surface area contributed by atoms with E-state index in [0.717, 1.165) is 11.1 Å². The van der Waals surface area contributed by atoms with Crippen molar-refractivity contribution in [1.29, 1.82) is 0 Å². The number of benzene rings is 2. The molecule has 0 aromatic heterocycles. The van der Waals surface area contributed by atoms with E-state index >= 15 is 0 Å². The molecule has 0 fully saturated rings. The Bertz CT molecular complexity index is 483. The minimum Gasteiger partial charge on any atom is -0.464 e. The van der Waals surface area contributed by atoms with Crippen LogP contribution < -0.4 is 0 Å². The largest absolute Gasteiger partial charge is 0.464 e. The second-order valence-electron chi connectivity index (χ2n) is 4.32. The second kappa shape index (κ2) is 7.46. The SMILES string of the molecule is CCOC(=O)COC(c1ccccc1)c1ccccc1. The number of esters is 1. The standard InChI is InChI=1S/C17H18O3/c1-2-19-16(18)13-20-17(14-9-5-3-6-10-14)15-11-7-4-8-12-15/h3-12,17H,2,13H2,1H3. The lowest BCUT2D eigenvalue weighted by Gasteiger charge is -2.18. The molecule has 0 radical (unpaired) electrons. The van der Waals surface area contributed by atoms with E-state index in [4.69, 9.17) is 9.47 Å².